The first kappa shape index (κ1) is 23.3. The third-order valence-electron chi connectivity index (χ3n) is 3.97. The summed E-state index contributed by atoms with van der Waals surface area (Å²) < 4.78 is 30.8. The van der Waals surface area contributed by atoms with Crippen molar-refractivity contribution in [3.8, 4) is 0 Å². The van der Waals surface area contributed by atoms with Gasteiger partial charge in [-0.25, -0.2) is 23.5 Å². The van der Waals surface area contributed by atoms with Crippen LogP contribution in [0.3, 0.4) is 0 Å². The number of hydrogen-bond acceptors (Lipinski definition) is 6. The fourth-order valence-corrected chi connectivity index (χ4v) is 4.69. The molecule has 0 radical (unpaired) electrons. The molecule has 4 N–H and O–H groups in total. The minimum absolute atomic E-state index is 0.0512. The van der Waals surface area contributed by atoms with Crippen molar-refractivity contribution in [3.05, 3.63) is 34.5 Å². The summed E-state index contributed by atoms with van der Waals surface area (Å²) >= 11 is 0.906. The average Bonchev–Trinajstić information content (AvgIpc) is 3.04. The van der Waals surface area contributed by atoms with Gasteiger partial charge in [0, 0.05) is 5.56 Å². The Labute approximate surface area is 174 Å². The maximum atomic E-state index is 14.4. The summed E-state index contributed by atoms with van der Waals surface area (Å²) in [5.74, 6) is -0.879. The van der Waals surface area contributed by atoms with Crippen LogP contribution < -0.4 is 10.5 Å². The summed E-state index contributed by atoms with van der Waals surface area (Å²) in [6.45, 7) is 10.3. The maximum absolute atomic E-state index is 14.4. The number of aromatic nitrogens is 2. The molecule has 0 saturated heterocycles. The Morgan fingerprint density at radius 2 is 1.90 bits per heavy atom. The number of aliphatic hydroxyl groups is 1. The number of thiazole rings is 1. The van der Waals surface area contributed by atoms with Gasteiger partial charge in [-0.15, -0.1) is 15.7 Å². The number of amides is 2. The van der Waals surface area contributed by atoms with E-state index in [-0.39, 0.29) is 27.3 Å². The Morgan fingerprint density at radius 1 is 1.28 bits per heavy atom. The number of carbonyl (C=O) groups excluding carboxylic acids is 1. The summed E-state index contributed by atoms with van der Waals surface area (Å²) in [4.78, 5) is 20.6. The number of carbonyl (C=O) groups is 1. The topological polar surface area (TPSA) is 131 Å². The van der Waals surface area contributed by atoms with Crippen LogP contribution in [-0.4, -0.2) is 25.3 Å². The molecule has 0 bridgehead atoms. The van der Waals surface area contributed by atoms with Crippen molar-refractivity contribution in [1.82, 2.24) is 9.97 Å². The van der Waals surface area contributed by atoms with Crippen LogP contribution in [0.2, 0.25) is 0 Å². The lowest BCUT2D eigenvalue weighted by atomic mass is 9.96. The maximum Gasteiger partial charge on any atom is 0.354 e. The van der Waals surface area contributed by atoms with Crippen LogP contribution in [0, 0.1) is 5.82 Å². The molecule has 0 aromatic carbocycles. The van der Waals surface area contributed by atoms with Gasteiger partial charge < -0.3 is 10.4 Å². The molecule has 2 amide bonds. The first-order valence-electron chi connectivity index (χ1n) is 8.97. The number of halogens is 1. The molecule has 0 aliphatic carbocycles. The molecule has 0 saturated carbocycles. The molecule has 0 spiro atoms. The number of nitrogens with two attached hydrogens (primary N) is 1. The first-order chi connectivity index (χ1) is 13.2. The number of anilines is 1. The van der Waals surface area contributed by atoms with E-state index in [1.807, 2.05) is 13.8 Å². The van der Waals surface area contributed by atoms with Crippen molar-refractivity contribution >= 4 is 33.0 Å². The molecule has 8 nitrogen and oxygen atoms in total. The highest BCUT2D eigenvalue weighted by Gasteiger charge is 2.25. The molecular weight excluding hydrogens is 417 g/mol. The lowest BCUT2D eigenvalue weighted by Gasteiger charge is -2.19. The smallest absolute Gasteiger partial charge is 0.354 e. The Bertz CT molecular complexity index is 1030. The zero-order chi connectivity index (χ0) is 22.1. The van der Waals surface area contributed by atoms with Crippen LogP contribution in [0.15, 0.2) is 21.0 Å². The van der Waals surface area contributed by atoms with E-state index in [2.05, 4.69) is 19.6 Å². The fourth-order valence-electron chi connectivity index (χ4n) is 2.63. The molecule has 1 unspecified atom stereocenters. The van der Waals surface area contributed by atoms with Gasteiger partial charge >= 0.3 is 6.03 Å². The van der Waals surface area contributed by atoms with Gasteiger partial charge in [0.05, 0.1) is 23.8 Å². The van der Waals surface area contributed by atoms with Gasteiger partial charge in [0.2, 0.25) is 0 Å². The van der Waals surface area contributed by atoms with Crippen molar-refractivity contribution in [3.63, 3.8) is 0 Å². The Hall–Kier alpha value is -1.95. The van der Waals surface area contributed by atoms with Crippen molar-refractivity contribution in [2.24, 2.45) is 9.50 Å². The Kier molecular flexibility index (Phi) is 6.78. The van der Waals surface area contributed by atoms with E-state index in [0.29, 0.717) is 10.7 Å². The summed E-state index contributed by atoms with van der Waals surface area (Å²) in [6.07, 6.45) is 2.35. The second kappa shape index (κ2) is 8.42. The van der Waals surface area contributed by atoms with Crippen LogP contribution in [0.4, 0.5) is 14.9 Å². The number of hydrogen-bond donors (Lipinski definition) is 3. The minimum Gasteiger partial charge on any atom is -0.383 e. The highest BCUT2D eigenvalue weighted by Crippen LogP contribution is 2.33. The number of nitrogens with zero attached hydrogens (tertiary/aromatic N) is 3. The van der Waals surface area contributed by atoms with Gasteiger partial charge in [0.25, 0.3) is 0 Å². The first-order valence-corrected chi connectivity index (χ1v) is 11.4. The van der Waals surface area contributed by atoms with Crippen LogP contribution in [-0.2, 0) is 15.5 Å². The molecule has 0 aliphatic heterocycles. The number of nitrogens with one attached hydrogen (secondary N) is 1. The summed E-state index contributed by atoms with van der Waals surface area (Å²) in [7, 11) is -3.60. The van der Waals surface area contributed by atoms with Gasteiger partial charge in [0.15, 0.2) is 9.92 Å². The quantitative estimate of drug-likeness (QED) is 0.641. The normalized spacial score (nSPS) is 14.2. The zero-order valence-corrected chi connectivity index (χ0v) is 18.8. The van der Waals surface area contributed by atoms with E-state index >= 15 is 0 Å². The van der Waals surface area contributed by atoms with Crippen LogP contribution in [0.1, 0.15) is 69.6 Å². The standard InChI is InChI=1S/C18H26FN5O3S2/c1-9(2)13-11(19)7-21-14(10(3)4)15(13)23-17(25)24-29(20,27)12-8-22-16(28-12)18(5,6)26/h7-10,26H,1-6H3,(H3,20,23,24,25,27). The second-order valence-electron chi connectivity index (χ2n) is 7.72. The molecule has 160 valence electrons. The molecule has 1 atom stereocenters. The van der Waals surface area contributed by atoms with Gasteiger partial charge in [-0.05, 0) is 25.7 Å². The lowest BCUT2D eigenvalue weighted by molar-refractivity contribution is 0.0783. The van der Waals surface area contributed by atoms with Crippen molar-refractivity contribution in [2.45, 2.75) is 63.2 Å². The Morgan fingerprint density at radius 3 is 2.38 bits per heavy atom. The van der Waals surface area contributed by atoms with Crippen LogP contribution in [0.5, 0.6) is 0 Å². The molecule has 11 heteroatoms. The predicted octanol–water partition coefficient (Wildman–Crippen LogP) is 4.08. The summed E-state index contributed by atoms with van der Waals surface area (Å²) in [5.41, 5.74) is -0.255. The van der Waals surface area contributed by atoms with Gasteiger partial charge in [-0.2, -0.15) is 0 Å². The van der Waals surface area contributed by atoms with Gasteiger partial charge in [-0.3, -0.25) is 4.98 Å². The average molecular weight is 444 g/mol. The summed E-state index contributed by atoms with van der Waals surface area (Å²) in [5, 5.41) is 18.6. The summed E-state index contributed by atoms with van der Waals surface area (Å²) in [6, 6.07) is -0.980. The van der Waals surface area contributed by atoms with Crippen molar-refractivity contribution in [1.29, 1.82) is 0 Å². The van der Waals surface area contributed by atoms with E-state index in [0.717, 1.165) is 17.5 Å². The highest BCUT2D eigenvalue weighted by molar-refractivity contribution is 7.93. The lowest BCUT2D eigenvalue weighted by Crippen LogP contribution is -2.19. The third kappa shape index (κ3) is 5.35. The second-order valence-corrected chi connectivity index (χ2v) is 10.8. The molecule has 2 rings (SSSR count). The van der Waals surface area contributed by atoms with Gasteiger partial charge in [-0.1, -0.05) is 27.7 Å². The molecular formula is C18H26FN5O3S2. The highest BCUT2D eigenvalue weighted by atomic mass is 32.2. The number of rotatable bonds is 5. The van der Waals surface area contributed by atoms with Crippen LogP contribution >= 0.6 is 11.3 Å². The van der Waals surface area contributed by atoms with Crippen LogP contribution in [0.25, 0.3) is 0 Å². The van der Waals surface area contributed by atoms with E-state index < -0.39 is 27.4 Å². The van der Waals surface area contributed by atoms with Gasteiger partial charge in [0.1, 0.15) is 20.6 Å². The predicted molar refractivity (Wildman–Crippen MR) is 112 cm³/mol. The van der Waals surface area contributed by atoms with E-state index in [4.69, 9.17) is 5.14 Å². The Balaban J connectivity index is 2.46. The van der Waals surface area contributed by atoms with E-state index in [9.17, 15) is 18.5 Å². The third-order valence-corrected chi connectivity index (χ3v) is 7.16. The molecule has 2 aromatic heterocycles. The molecule has 0 fully saturated rings. The van der Waals surface area contributed by atoms with Crippen molar-refractivity contribution in [2.75, 3.05) is 5.32 Å². The number of pyridine rings is 1. The largest absolute Gasteiger partial charge is 0.383 e. The molecule has 29 heavy (non-hydrogen) atoms. The fraction of sp³-hybridized carbons (Fsp3) is 0.500. The van der Waals surface area contributed by atoms with E-state index in [1.54, 1.807) is 13.8 Å². The SMILES string of the molecule is CC(C)c1ncc(F)c(C(C)C)c1NC(=O)N=S(N)(=O)c1cnc(C(C)(C)O)s1. The monoisotopic (exact) mass is 443 g/mol. The number of urea groups is 1. The van der Waals surface area contributed by atoms with Crippen molar-refractivity contribution < 1.29 is 18.5 Å². The molecule has 2 aromatic rings. The molecule has 0 aliphatic rings. The minimum atomic E-state index is -3.60. The van der Waals surface area contributed by atoms with E-state index in [1.165, 1.54) is 20.0 Å². The molecule has 2 heterocycles. The zero-order valence-electron chi connectivity index (χ0n) is 17.2.